The number of hydrogen-bond acceptors (Lipinski definition) is 3. The van der Waals surface area contributed by atoms with Crippen LogP contribution in [0.1, 0.15) is 25.3 Å². The average Bonchev–Trinajstić information content (AvgIpc) is 2.49. The van der Waals surface area contributed by atoms with Crippen molar-refractivity contribution in [1.82, 2.24) is 4.98 Å². The van der Waals surface area contributed by atoms with Crippen LogP contribution in [-0.4, -0.2) is 15.2 Å². The molecule has 1 heterocycles. The van der Waals surface area contributed by atoms with Crippen molar-refractivity contribution in [2.24, 2.45) is 0 Å². The summed E-state index contributed by atoms with van der Waals surface area (Å²) < 4.78 is 28.9. The lowest BCUT2D eigenvalue weighted by molar-refractivity contribution is 0.434. The highest BCUT2D eigenvalue weighted by atomic mass is 19.1. The van der Waals surface area contributed by atoms with E-state index in [4.69, 9.17) is 0 Å². The number of nitrogens with zero attached hydrogens (tertiary/aromatic N) is 1. The summed E-state index contributed by atoms with van der Waals surface area (Å²) >= 11 is 0. The predicted molar refractivity (Wildman–Crippen MR) is 84.5 cm³/mol. The van der Waals surface area contributed by atoms with Crippen LogP contribution in [0.3, 0.4) is 0 Å². The van der Waals surface area contributed by atoms with Gasteiger partial charge in [0.1, 0.15) is 28.7 Å². The lowest BCUT2D eigenvalue weighted by Gasteiger charge is -2.14. The molecule has 0 saturated heterocycles. The molecule has 0 atom stereocenters. The summed E-state index contributed by atoms with van der Waals surface area (Å²) in [6.07, 6.45) is 1.39. The summed E-state index contributed by atoms with van der Waals surface area (Å²) in [5.74, 6) is -1.72. The van der Waals surface area contributed by atoms with Crippen molar-refractivity contribution in [1.29, 1.82) is 0 Å². The first-order chi connectivity index (χ1) is 10.9. The number of rotatable bonds is 2. The van der Waals surface area contributed by atoms with Crippen LogP contribution in [0.4, 0.5) is 8.78 Å². The standard InChI is InChI=1S/C18H15F2NO2/c1-9(2)16-14(22)6-10(7-15(16)23)12-8-13(19)18-11(17(12)20)4-3-5-21-18/h3-9,22-23H,1-2H3. The topological polar surface area (TPSA) is 53.4 Å². The number of fused-ring (bicyclic) bond motifs is 1. The Labute approximate surface area is 131 Å². The number of phenolic OH excluding ortho intramolecular Hbond substituents is 2. The Kier molecular flexibility index (Phi) is 3.64. The Morgan fingerprint density at radius 2 is 1.70 bits per heavy atom. The Bertz CT molecular complexity index is 884. The van der Waals surface area contributed by atoms with Crippen LogP contribution in [-0.2, 0) is 0 Å². The van der Waals surface area contributed by atoms with Crippen molar-refractivity contribution < 1.29 is 19.0 Å². The molecule has 0 spiro atoms. The molecular weight excluding hydrogens is 300 g/mol. The zero-order chi connectivity index (χ0) is 16.7. The van der Waals surface area contributed by atoms with Gasteiger partial charge in [0.25, 0.3) is 0 Å². The quantitative estimate of drug-likeness (QED) is 0.720. The van der Waals surface area contributed by atoms with Gasteiger partial charge in [0.2, 0.25) is 0 Å². The lowest BCUT2D eigenvalue weighted by Crippen LogP contribution is -1.95. The van der Waals surface area contributed by atoms with Gasteiger partial charge in [0.15, 0.2) is 0 Å². The van der Waals surface area contributed by atoms with Crippen LogP contribution < -0.4 is 0 Å². The van der Waals surface area contributed by atoms with E-state index in [2.05, 4.69) is 4.98 Å². The third kappa shape index (κ3) is 2.48. The van der Waals surface area contributed by atoms with Gasteiger partial charge in [-0.05, 0) is 41.8 Å². The second-order valence-electron chi connectivity index (χ2n) is 5.70. The minimum atomic E-state index is -0.663. The van der Waals surface area contributed by atoms with Gasteiger partial charge in [-0.15, -0.1) is 0 Å². The fraction of sp³-hybridized carbons (Fsp3) is 0.167. The molecule has 0 radical (unpaired) electrons. The summed E-state index contributed by atoms with van der Waals surface area (Å²) in [6.45, 7) is 3.63. The highest BCUT2D eigenvalue weighted by Gasteiger charge is 2.18. The van der Waals surface area contributed by atoms with E-state index >= 15 is 0 Å². The molecule has 0 aliphatic heterocycles. The first-order valence-corrected chi connectivity index (χ1v) is 7.19. The average molecular weight is 315 g/mol. The van der Waals surface area contributed by atoms with Gasteiger partial charge in [-0.25, -0.2) is 8.78 Å². The van der Waals surface area contributed by atoms with Gasteiger partial charge in [-0.2, -0.15) is 0 Å². The summed E-state index contributed by atoms with van der Waals surface area (Å²) in [6, 6.07) is 6.63. The van der Waals surface area contributed by atoms with E-state index in [1.165, 1.54) is 30.5 Å². The molecule has 0 bridgehead atoms. The van der Waals surface area contributed by atoms with Gasteiger partial charge in [0.05, 0.1) is 0 Å². The Hall–Kier alpha value is -2.69. The summed E-state index contributed by atoms with van der Waals surface area (Å²) in [5, 5.41) is 20.2. The van der Waals surface area contributed by atoms with Gasteiger partial charge in [-0.1, -0.05) is 13.8 Å². The van der Waals surface area contributed by atoms with Gasteiger partial charge < -0.3 is 10.2 Å². The molecule has 3 aromatic rings. The van der Waals surface area contributed by atoms with Crippen LogP contribution in [0, 0.1) is 11.6 Å². The second-order valence-corrected chi connectivity index (χ2v) is 5.70. The maximum Gasteiger partial charge on any atom is 0.150 e. The molecule has 2 N–H and O–H groups in total. The van der Waals surface area contributed by atoms with Crippen molar-refractivity contribution in [2.45, 2.75) is 19.8 Å². The number of phenols is 2. The fourth-order valence-corrected chi connectivity index (χ4v) is 2.76. The van der Waals surface area contributed by atoms with Gasteiger partial charge in [0, 0.05) is 22.7 Å². The van der Waals surface area contributed by atoms with E-state index in [0.29, 0.717) is 5.56 Å². The zero-order valence-corrected chi connectivity index (χ0v) is 12.6. The van der Waals surface area contributed by atoms with E-state index < -0.39 is 11.6 Å². The molecule has 3 rings (SSSR count). The van der Waals surface area contributed by atoms with Crippen LogP contribution in [0.2, 0.25) is 0 Å². The normalized spacial score (nSPS) is 11.3. The monoisotopic (exact) mass is 315 g/mol. The number of benzene rings is 2. The van der Waals surface area contributed by atoms with Crippen molar-refractivity contribution in [3.63, 3.8) is 0 Å². The zero-order valence-electron chi connectivity index (χ0n) is 12.6. The molecule has 2 aromatic carbocycles. The number of halogens is 2. The number of pyridine rings is 1. The highest BCUT2D eigenvalue weighted by Crippen LogP contribution is 2.39. The summed E-state index contributed by atoms with van der Waals surface area (Å²) in [4.78, 5) is 3.84. The number of aromatic hydroxyl groups is 2. The van der Waals surface area contributed by atoms with Crippen LogP contribution in [0.5, 0.6) is 11.5 Å². The smallest absolute Gasteiger partial charge is 0.150 e. The van der Waals surface area contributed by atoms with Gasteiger partial charge in [-0.3, -0.25) is 4.98 Å². The molecule has 0 aliphatic carbocycles. The van der Waals surface area contributed by atoms with Gasteiger partial charge >= 0.3 is 0 Å². The molecule has 0 unspecified atom stereocenters. The van der Waals surface area contributed by atoms with E-state index in [9.17, 15) is 19.0 Å². The third-order valence-electron chi connectivity index (χ3n) is 3.80. The second kappa shape index (κ2) is 5.50. The van der Waals surface area contributed by atoms with Crippen LogP contribution in [0.15, 0.2) is 36.5 Å². The van der Waals surface area contributed by atoms with E-state index in [-0.39, 0.29) is 39.4 Å². The first-order valence-electron chi connectivity index (χ1n) is 7.19. The fourth-order valence-electron chi connectivity index (χ4n) is 2.76. The van der Waals surface area contributed by atoms with Crippen molar-refractivity contribution in [3.05, 3.63) is 53.7 Å². The molecule has 23 heavy (non-hydrogen) atoms. The molecule has 0 aliphatic rings. The summed E-state index contributed by atoms with van der Waals surface area (Å²) in [7, 11) is 0. The molecule has 0 saturated carbocycles. The van der Waals surface area contributed by atoms with Crippen molar-refractivity contribution >= 4 is 10.9 Å². The number of hydrogen-bond donors (Lipinski definition) is 2. The Morgan fingerprint density at radius 3 is 2.30 bits per heavy atom. The van der Waals surface area contributed by atoms with Crippen molar-refractivity contribution in [2.75, 3.05) is 0 Å². The minimum absolute atomic E-state index is 0.0380. The maximum atomic E-state index is 14.7. The maximum absolute atomic E-state index is 14.7. The Morgan fingerprint density at radius 1 is 1.04 bits per heavy atom. The molecular formula is C18H15F2NO2. The molecule has 3 nitrogen and oxygen atoms in total. The number of aromatic nitrogens is 1. The molecule has 0 fully saturated rings. The van der Waals surface area contributed by atoms with E-state index in [1.807, 2.05) is 13.8 Å². The van der Waals surface area contributed by atoms with Crippen molar-refractivity contribution in [3.8, 4) is 22.6 Å². The predicted octanol–water partition coefficient (Wildman–Crippen LogP) is 4.71. The first kappa shape index (κ1) is 15.2. The van der Waals surface area contributed by atoms with E-state index in [1.54, 1.807) is 0 Å². The minimum Gasteiger partial charge on any atom is -0.507 e. The molecule has 1 aromatic heterocycles. The van der Waals surface area contributed by atoms with E-state index in [0.717, 1.165) is 6.07 Å². The largest absolute Gasteiger partial charge is 0.507 e. The lowest BCUT2D eigenvalue weighted by atomic mass is 9.95. The molecule has 0 amide bonds. The van der Waals surface area contributed by atoms with Crippen LogP contribution >= 0.6 is 0 Å². The highest BCUT2D eigenvalue weighted by molar-refractivity contribution is 5.86. The third-order valence-corrected chi connectivity index (χ3v) is 3.80. The Balaban J connectivity index is 2.27. The van der Waals surface area contributed by atoms with Crippen LogP contribution in [0.25, 0.3) is 22.0 Å². The summed E-state index contributed by atoms with van der Waals surface area (Å²) in [5.41, 5.74) is 0.480. The molecule has 118 valence electrons. The molecule has 5 heteroatoms. The SMILES string of the molecule is CC(C)c1c(O)cc(-c2cc(F)c3ncccc3c2F)cc1O.